The van der Waals surface area contributed by atoms with Gasteiger partial charge in [0.25, 0.3) is 0 Å². The van der Waals surface area contributed by atoms with Gasteiger partial charge in [-0.1, -0.05) is 12.5 Å². The molecular formula is C21H21F7N2O2. The van der Waals surface area contributed by atoms with E-state index in [-0.39, 0.29) is 31.0 Å². The van der Waals surface area contributed by atoms with Gasteiger partial charge in [0.1, 0.15) is 5.82 Å². The highest BCUT2D eigenvalue weighted by atomic mass is 19.4. The highest BCUT2D eigenvalue weighted by Crippen LogP contribution is 2.52. The fraction of sp³-hybridized carbons (Fsp3) is 0.571. The summed E-state index contributed by atoms with van der Waals surface area (Å²) >= 11 is 0. The average Bonchev–Trinajstić information content (AvgIpc) is 2.65. The molecule has 0 fully saturated rings. The van der Waals surface area contributed by atoms with Crippen LogP contribution in [0.25, 0.3) is 0 Å². The third-order valence-electron chi connectivity index (χ3n) is 5.92. The summed E-state index contributed by atoms with van der Waals surface area (Å²) in [6, 6.07) is 2.44. The number of aliphatic imine (C=N–C) groups is 1. The van der Waals surface area contributed by atoms with Crippen LogP contribution in [0.15, 0.2) is 23.2 Å². The fourth-order valence-corrected chi connectivity index (χ4v) is 4.27. The molecule has 4 unspecified atom stereocenters. The van der Waals surface area contributed by atoms with E-state index in [9.17, 15) is 45.9 Å². The molecule has 0 aromatic heterocycles. The number of nitrogens with zero attached hydrogens (tertiary/aromatic N) is 2. The Kier molecular flexibility index (Phi) is 7.27. The number of hydrogen-bond acceptors (Lipinski definition) is 3. The molecule has 0 radical (unpaired) electrons. The van der Waals surface area contributed by atoms with Crippen molar-refractivity contribution in [3.05, 3.63) is 35.1 Å². The van der Waals surface area contributed by atoms with Gasteiger partial charge in [-0.3, -0.25) is 9.79 Å². The molecule has 32 heavy (non-hydrogen) atoms. The number of carboxylic acid groups (broad SMARTS) is 1. The van der Waals surface area contributed by atoms with Gasteiger partial charge in [0.15, 0.2) is 0 Å². The Hall–Kier alpha value is -2.64. The molecule has 0 saturated heterocycles. The van der Waals surface area contributed by atoms with Crippen LogP contribution in [0, 0.1) is 28.5 Å². The van der Waals surface area contributed by atoms with Gasteiger partial charge in [-0.25, -0.2) is 4.39 Å². The molecule has 4 nitrogen and oxygen atoms in total. The zero-order chi connectivity index (χ0) is 24.5. The fourth-order valence-electron chi connectivity index (χ4n) is 4.27. The summed E-state index contributed by atoms with van der Waals surface area (Å²) in [6.07, 6.45) is -11.0. The van der Waals surface area contributed by atoms with E-state index >= 15 is 0 Å². The van der Waals surface area contributed by atoms with E-state index in [2.05, 4.69) is 4.99 Å². The predicted octanol–water partition coefficient (Wildman–Crippen LogP) is 6.12. The Morgan fingerprint density at radius 2 is 1.84 bits per heavy atom. The number of benzene rings is 1. The van der Waals surface area contributed by atoms with Crippen molar-refractivity contribution in [1.82, 2.24) is 0 Å². The van der Waals surface area contributed by atoms with Crippen molar-refractivity contribution < 1.29 is 40.6 Å². The quantitative estimate of drug-likeness (QED) is 0.405. The first-order chi connectivity index (χ1) is 14.6. The minimum Gasteiger partial charge on any atom is -0.481 e. The SMILES string of the molecule is CC1=NC(CCCCC(F)(F)F)C(C)(C(=O)O)C(c2ccc(F)cc2C(F)(F)F)C1C#N. The van der Waals surface area contributed by atoms with Crippen molar-refractivity contribution in [2.75, 3.05) is 0 Å². The number of halogens is 7. The first-order valence-electron chi connectivity index (χ1n) is 9.73. The average molecular weight is 466 g/mol. The number of unbranched alkanes of at least 4 members (excludes halogenated alkanes) is 1. The third kappa shape index (κ3) is 5.22. The number of alkyl halides is 6. The molecule has 0 spiro atoms. The Labute approximate surface area is 179 Å². The van der Waals surface area contributed by atoms with Gasteiger partial charge >= 0.3 is 18.3 Å². The van der Waals surface area contributed by atoms with Crippen molar-refractivity contribution in [3.63, 3.8) is 0 Å². The smallest absolute Gasteiger partial charge is 0.416 e. The largest absolute Gasteiger partial charge is 0.481 e. The maximum Gasteiger partial charge on any atom is 0.416 e. The predicted molar refractivity (Wildman–Crippen MR) is 100 cm³/mol. The zero-order valence-electron chi connectivity index (χ0n) is 17.2. The zero-order valence-corrected chi connectivity index (χ0v) is 17.2. The van der Waals surface area contributed by atoms with Crippen molar-refractivity contribution in [1.29, 1.82) is 5.26 Å². The number of aliphatic carboxylic acids is 1. The van der Waals surface area contributed by atoms with Crippen molar-refractivity contribution >= 4 is 11.7 Å². The van der Waals surface area contributed by atoms with Gasteiger partial charge in [-0.05, 0) is 44.4 Å². The molecule has 0 saturated carbocycles. The Bertz CT molecular complexity index is 934. The first-order valence-corrected chi connectivity index (χ1v) is 9.73. The van der Waals surface area contributed by atoms with E-state index in [1.807, 2.05) is 6.07 Å². The van der Waals surface area contributed by atoms with Gasteiger partial charge in [-0.2, -0.15) is 31.6 Å². The molecule has 4 atom stereocenters. The molecule has 11 heteroatoms. The van der Waals surface area contributed by atoms with E-state index in [0.29, 0.717) is 0 Å². The van der Waals surface area contributed by atoms with E-state index < -0.39 is 65.0 Å². The molecule has 1 aliphatic heterocycles. The van der Waals surface area contributed by atoms with Crippen molar-refractivity contribution in [2.24, 2.45) is 16.3 Å². The minimum atomic E-state index is -5.03. The number of rotatable bonds is 6. The lowest BCUT2D eigenvalue weighted by Gasteiger charge is -2.45. The van der Waals surface area contributed by atoms with Crippen LogP contribution in [0.1, 0.15) is 56.6 Å². The molecule has 176 valence electrons. The molecule has 1 aromatic carbocycles. The van der Waals surface area contributed by atoms with Crippen LogP contribution in [0.3, 0.4) is 0 Å². The van der Waals surface area contributed by atoms with Crippen LogP contribution in [-0.4, -0.2) is 29.0 Å². The van der Waals surface area contributed by atoms with E-state index in [0.717, 1.165) is 19.1 Å². The Morgan fingerprint density at radius 3 is 2.34 bits per heavy atom. The second-order valence-electron chi connectivity index (χ2n) is 8.05. The lowest BCUT2D eigenvalue weighted by molar-refractivity contribution is -0.153. The highest BCUT2D eigenvalue weighted by Gasteiger charge is 2.56. The summed E-state index contributed by atoms with van der Waals surface area (Å²) in [6.45, 7) is 2.50. The minimum absolute atomic E-state index is 0.0662. The topological polar surface area (TPSA) is 73.4 Å². The normalized spacial score (nSPS) is 26.4. The summed E-state index contributed by atoms with van der Waals surface area (Å²) < 4.78 is 92.0. The van der Waals surface area contributed by atoms with E-state index in [1.54, 1.807) is 0 Å². The Balaban J connectivity index is 2.60. The van der Waals surface area contributed by atoms with Gasteiger partial charge in [0.2, 0.25) is 0 Å². The maximum absolute atomic E-state index is 13.7. The third-order valence-corrected chi connectivity index (χ3v) is 5.92. The standard InChI is InChI=1S/C21H21F7N2O2/c1-11-14(10-29)17(13-7-6-12(22)9-15(13)21(26,27)28)19(2,18(31)32)16(30-11)5-3-4-8-20(23,24)25/h6-7,9,14,16-17H,3-5,8H2,1-2H3,(H,31,32). The lowest BCUT2D eigenvalue weighted by Crippen LogP contribution is -2.51. The first kappa shape index (κ1) is 25.6. The van der Waals surface area contributed by atoms with Gasteiger partial charge < -0.3 is 5.11 Å². The summed E-state index contributed by atoms with van der Waals surface area (Å²) in [5, 5.41) is 19.7. The van der Waals surface area contributed by atoms with Gasteiger partial charge in [-0.15, -0.1) is 0 Å². The molecule has 1 aromatic rings. The summed E-state index contributed by atoms with van der Waals surface area (Å²) in [5.41, 5.74) is -3.93. The van der Waals surface area contributed by atoms with Crippen LogP contribution in [0.5, 0.6) is 0 Å². The summed E-state index contributed by atoms with van der Waals surface area (Å²) in [7, 11) is 0. The highest BCUT2D eigenvalue weighted by molar-refractivity contribution is 5.92. The number of hydrogen-bond donors (Lipinski definition) is 1. The van der Waals surface area contributed by atoms with Crippen LogP contribution >= 0.6 is 0 Å². The Morgan fingerprint density at radius 1 is 1.22 bits per heavy atom. The van der Waals surface area contributed by atoms with Crippen LogP contribution in [0.4, 0.5) is 30.7 Å². The summed E-state index contributed by atoms with van der Waals surface area (Å²) in [5.74, 6) is -5.63. The molecule has 0 aliphatic carbocycles. The molecule has 0 amide bonds. The lowest BCUT2D eigenvalue weighted by atomic mass is 9.59. The molecule has 1 aliphatic rings. The second-order valence-corrected chi connectivity index (χ2v) is 8.05. The van der Waals surface area contributed by atoms with E-state index in [4.69, 9.17) is 0 Å². The molecule has 1 heterocycles. The molecule has 2 rings (SSSR count). The number of carbonyl (C=O) groups is 1. The molecular weight excluding hydrogens is 445 g/mol. The van der Waals surface area contributed by atoms with Crippen LogP contribution in [-0.2, 0) is 11.0 Å². The molecule has 1 N–H and O–H groups in total. The van der Waals surface area contributed by atoms with Crippen molar-refractivity contribution in [2.45, 2.75) is 63.8 Å². The molecule has 0 bridgehead atoms. The number of carboxylic acids is 1. The summed E-state index contributed by atoms with van der Waals surface area (Å²) in [4.78, 5) is 16.5. The van der Waals surface area contributed by atoms with Crippen LogP contribution < -0.4 is 0 Å². The second kappa shape index (κ2) is 9.08. The monoisotopic (exact) mass is 466 g/mol. The van der Waals surface area contributed by atoms with Crippen molar-refractivity contribution in [3.8, 4) is 6.07 Å². The maximum atomic E-state index is 13.7. The van der Waals surface area contributed by atoms with E-state index in [1.165, 1.54) is 6.92 Å². The van der Waals surface area contributed by atoms with Gasteiger partial charge in [0, 0.05) is 18.1 Å². The van der Waals surface area contributed by atoms with Crippen LogP contribution in [0.2, 0.25) is 0 Å². The number of nitriles is 1. The van der Waals surface area contributed by atoms with Gasteiger partial charge in [0.05, 0.1) is 29.0 Å².